The first-order valence-corrected chi connectivity index (χ1v) is 7.02. The van der Waals surface area contributed by atoms with E-state index in [1.54, 1.807) is 6.92 Å². The molecular weight excluding hydrogens is 246 g/mol. The van der Waals surface area contributed by atoms with Gasteiger partial charge in [-0.15, -0.1) is 0 Å². The van der Waals surface area contributed by atoms with Gasteiger partial charge in [-0.3, -0.25) is 4.90 Å². The van der Waals surface area contributed by atoms with Crippen LogP contribution in [0, 0.1) is 18.6 Å². The molecule has 2 atom stereocenters. The number of aryl methyl sites for hydroxylation is 1. The molecule has 104 valence electrons. The van der Waals surface area contributed by atoms with Crippen LogP contribution in [-0.2, 0) is 0 Å². The van der Waals surface area contributed by atoms with Gasteiger partial charge in [-0.25, -0.2) is 8.78 Å². The monoisotopic (exact) mass is 266 g/mol. The summed E-state index contributed by atoms with van der Waals surface area (Å²) in [5, 5.41) is 0. The highest BCUT2D eigenvalue weighted by atomic mass is 19.1. The lowest BCUT2D eigenvalue weighted by molar-refractivity contribution is 0.202. The minimum Gasteiger partial charge on any atom is -0.364 e. The van der Waals surface area contributed by atoms with E-state index >= 15 is 0 Å². The third-order valence-electron chi connectivity index (χ3n) is 4.47. The van der Waals surface area contributed by atoms with Crippen molar-refractivity contribution in [3.05, 3.63) is 29.3 Å². The molecule has 0 saturated carbocycles. The molecule has 2 heterocycles. The van der Waals surface area contributed by atoms with Crippen molar-refractivity contribution < 1.29 is 8.78 Å². The number of halogens is 2. The van der Waals surface area contributed by atoms with Gasteiger partial charge in [-0.05, 0) is 44.9 Å². The van der Waals surface area contributed by atoms with Crippen molar-refractivity contribution in [2.45, 2.75) is 38.8 Å². The molecule has 2 unspecified atom stereocenters. The molecule has 0 bridgehead atoms. The van der Waals surface area contributed by atoms with Crippen molar-refractivity contribution in [3.8, 4) is 0 Å². The summed E-state index contributed by atoms with van der Waals surface area (Å²) in [6, 6.07) is 3.38. The second-order valence-electron chi connectivity index (χ2n) is 5.85. The molecule has 2 saturated heterocycles. The van der Waals surface area contributed by atoms with Crippen LogP contribution in [0.5, 0.6) is 0 Å². The fourth-order valence-electron chi connectivity index (χ4n) is 3.38. The maximum atomic E-state index is 14.1. The topological polar surface area (TPSA) is 6.48 Å². The van der Waals surface area contributed by atoms with Crippen LogP contribution < -0.4 is 4.90 Å². The van der Waals surface area contributed by atoms with E-state index in [2.05, 4.69) is 11.8 Å². The zero-order chi connectivity index (χ0) is 13.6. The Morgan fingerprint density at radius 1 is 1.16 bits per heavy atom. The Morgan fingerprint density at radius 3 is 2.74 bits per heavy atom. The van der Waals surface area contributed by atoms with Gasteiger partial charge in [0.15, 0.2) is 0 Å². The van der Waals surface area contributed by atoms with E-state index in [-0.39, 0.29) is 17.7 Å². The molecule has 0 N–H and O–H groups in total. The number of piperazine rings is 1. The van der Waals surface area contributed by atoms with Gasteiger partial charge in [-0.2, -0.15) is 0 Å². The van der Waals surface area contributed by atoms with E-state index < -0.39 is 0 Å². The summed E-state index contributed by atoms with van der Waals surface area (Å²) in [4.78, 5) is 4.51. The van der Waals surface area contributed by atoms with E-state index in [9.17, 15) is 8.78 Å². The van der Waals surface area contributed by atoms with Crippen molar-refractivity contribution in [2.24, 2.45) is 0 Å². The third kappa shape index (κ3) is 2.22. The summed E-state index contributed by atoms with van der Waals surface area (Å²) in [6.07, 6.45) is 2.38. The Bertz CT molecular complexity index is 489. The van der Waals surface area contributed by atoms with Gasteiger partial charge < -0.3 is 4.90 Å². The Balaban J connectivity index is 1.91. The number of anilines is 1. The van der Waals surface area contributed by atoms with Crippen LogP contribution in [0.25, 0.3) is 0 Å². The lowest BCUT2D eigenvalue weighted by Crippen LogP contribution is -2.55. The first-order valence-electron chi connectivity index (χ1n) is 7.02. The molecule has 1 aromatic carbocycles. The van der Waals surface area contributed by atoms with Crippen LogP contribution in [0.15, 0.2) is 12.1 Å². The van der Waals surface area contributed by atoms with Crippen LogP contribution >= 0.6 is 0 Å². The fraction of sp³-hybridized carbons (Fsp3) is 0.600. The SMILES string of the molecule is Cc1cc(F)c(N2CC3CCCN3CC2C)cc1F. The molecular formula is C15H20F2N2. The number of hydrogen-bond acceptors (Lipinski definition) is 2. The van der Waals surface area contributed by atoms with Gasteiger partial charge in [0, 0.05) is 31.2 Å². The Morgan fingerprint density at radius 2 is 1.95 bits per heavy atom. The Kier molecular flexibility index (Phi) is 3.21. The van der Waals surface area contributed by atoms with Crippen LogP contribution in [0.2, 0.25) is 0 Å². The van der Waals surface area contributed by atoms with Crippen LogP contribution in [-0.4, -0.2) is 36.6 Å². The van der Waals surface area contributed by atoms with E-state index in [0.717, 1.165) is 19.6 Å². The van der Waals surface area contributed by atoms with Gasteiger partial charge in [0.1, 0.15) is 11.6 Å². The zero-order valence-electron chi connectivity index (χ0n) is 11.5. The molecule has 0 radical (unpaired) electrons. The highest BCUT2D eigenvalue weighted by Gasteiger charge is 2.35. The first-order chi connectivity index (χ1) is 9.06. The molecule has 0 aliphatic carbocycles. The Labute approximate surface area is 113 Å². The molecule has 19 heavy (non-hydrogen) atoms. The summed E-state index contributed by atoms with van der Waals surface area (Å²) in [5.41, 5.74) is 0.788. The maximum Gasteiger partial charge on any atom is 0.146 e. The second kappa shape index (κ2) is 4.75. The van der Waals surface area contributed by atoms with Crippen LogP contribution in [0.1, 0.15) is 25.3 Å². The molecule has 2 nitrogen and oxygen atoms in total. The van der Waals surface area contributed by atoms with Gasteiger partial charge >= 0.3 is 0 Å². The summed E-state index contributed by atoms with van der Waals surface area (Å²) in [7, 11) is 0. The van der Waals surface area contributed by atoms with Gasteiger partial charge in [-0.1, -0.05) is 0 Å². The van der Waals surface area contributed by atoms with Crippen molar-refractivity contribution in [1.29, 1.82) is 0 Å². The fourth-order valence-corrected chi connectivity index (χ4v) is 3.38. The van der Waals surface area contributed by atoms with E-state index in [0.29, 0.717) is 17.3 Å². The minimum absolute atomic E-state index is 0.228. The van der Waals surface area contributed by atoms with Crippen LogP contribution in [0.3, 0.4) is 0 Å². The minimum atomic E-state index is -0.322. The molecule has 0 aromatic heterocycles. The summed E-state index contributed by atoms with van der Waals surface area (Å²) in [6.45, 7) is 6.58. The predicted molar refractivity (Wildman–Crippen MR) is 72.5 cm³/mol. The third-order valence-corrected chi connectivity index (χ3v) is 4.47. The average molecular weight is 266 g/mol. The maximum absolute atomic E-state index is 14.1. The van der Waals surface area contributed by atoms with E-state index in [1.165, 1.54) is 25.0 Å². The highest BCUT2D eigenvalue weighted by Crippen LogP contribution is 2.31. The zero-order valence-corrected chi connectivity index (χ0v) is 11.5. The lowest BCUT2D eigenvalue weighted by Gasteiger charge is -2.43. The molecule has 4 heteroatoms. The smallest absolute Gasteiger partial charge is 0.146 e. The quantitative estimate of drug-likeness (QED) is 0.771. The highest BCUT2D eigenvalue weighted by molar-refractivity contribution is 5.51. The van der Waals surface area contributed by atoms with Gasteiger partial charge in [0.05, 0.1) is 5.69 Å². The molecule has 2 aliphatic rings. The predicted octanol–water partition coefficient (Wildman–Crippen LogP) is 2.95. The van der Waals surface area contributed by atoms with E-state index in [1.807, 2.05) is 4.90 Å². The average Bonchev–Trinajstić information content (AvgIpc) is 2.80. The Hall–Kier alpha value is -1.16. The lowest BCUT2D eigenvalue weighted by atomic mass is 10.1. The molecule has 2 fully saturated rings. The van der Waals surface area contributed by atoms with Crippen molar-refractivity contribution in [1.82, 2.24) is 4.90 Å². The molecule has 0 spiro atoms. The number of fused-ring (bicyclic) bond motifs is 1. The molecule has 1 aromatic rings. The largest absolute Gasteiger partial charge is 0.364 e. The van der Waals surface area contributed by atoms with Crippen molar-refractivity contribution >= 4 is 5.69 Å². The number of benzene rings is 1. The van der Waals surface area contributed by atoms with Gasteiger partial charge in [0.25, 0.3) is 0 Å². The standard InChI is InChI=1S/C15H20F2N2/c1-10-6-14(17)15(7-13(10)16)19-9-12-4-3-5-18(12)8-11(19)2/h6-7,11-12H,3-5,8-9H2,1-2H3. The molecule has 0 amide bonds. The first kappa shape index (κ1) is 12.9. The summed E-state index contributed by atoms with van der Waals surface area (Å²) >= 11 is 0. The number of hydrogen-bond donors (Lipinski definition) is 0. The number of rotatable bonds is 1. The summed E-state index contributed by atoms with van der Waals surface area (Å²) in [5.74, 6) is -0.630. The second-order valence-corrected chi connectivity index (χ2v) is 5.85. The number of nitrogens with zero attached hydrogens (tertiary/aromatic N) is 2. The van der Waals surface area contributed by atoms with Gasteiger partial charge in [0.2, 0.25) is 0 Å². The van der Waals surface area contributed by atoms with Crippen molar-refractivity contribution in [3.63, 3.8) is 0 Å². The molecule has 3 rings (SSSR count). The summed E-state index contributed by atoms with van der Waals surface area (Å²) < 4.78 is 27.8. The van der Waals surface area contributed by atoms with Crippen molar-refractivity contribution in [2.75, 3.05) is 24.5 Å². The van der Waals surface area contributed by atoms with Crippen LogP contribution in [0.4, 0.5) is 14.5 Å². The molecule has 2 aliphatic heterocycles. The van der Waals surface area contributed by atoms with E-state index in [4.69, 9.17) is 0 Å². The normalized spacial score (nSPS) is 27.7.